The number of aromatic nitrogens is 5. The molecule has 1 aromatic carbocycles. The van der Waals surface area contributed by atoms with Crippen molar-refractivity contribution in [3.63, 3.8) is 0 Å². The van der Waals surface area contributed by atoms with Crippen LogP contribution in [0, 0.1) is 27.7 Å². The summed E-state index contributed by atoms with van der Waals surface area (Å²) in [7, 11) is 0. The van der Waals surface area contributed by atoms with Gasteiger partial charge in [0, 0.05) is 29.7 Å². The molecular formula is C15H14F2N6O3. The average molecular weight is 364 g/mol. The van der Waals surface area contributed by atoms with Crippen LogP contribution in [-0.2, 0) is 13.1 Å². The molecule has 1 N–H and O–H groups in total. The Morgan fingerprint density at radius 2 is 2.08 bits per heavy atom. The van der Waals surface area contributed by atoms with Gasteiger partial charge in [-0.15, -0.1) is 5.10 Å². The summed E-state index contributed by atoms with van der Waals surface area (Å²) in [4.78, 5) is 13.4. The number of imidazole rings is 1. The Morgan fingerprint density at radius 3 is 2.73 bits per heavy atom. The van der Waals surface area contributed by atoms with Gasteiger partial charge in [-0.3, -0.25) is 9.25 Å². The maximum absolute atomic E-state index is 13.8. The van der Waals surface area contributed by atoms with Crippen LogP contribution < -0.4 is 0 Å². The fraction of sp³-hybridized carbons (Fsp3) is 0.267. The standard InChI is InChI=1S/C15H14F2N6O3/c1-9(5-21-8-14(23(25)26)18-15(21)24)6-22-7-13(19-20-22)11-3-2-10(16)4-12(11)17/h2-4,7-9H,5-6H2,1H3,(H,18,24)/t9-/m0/s1. The molecule has 0 aliphatic carbocycles. The Hall–Kier alpha value is -3.37. The first-order chi connectivity index (χ1) is 12.3. The quantitative estimate of drug-likeness (QED) is 0.531. The van der Waals surface area contributed by atoms with E-state index < -0.39 is 28.4 Å². The predicted octanol–water partition coefficient (Wildman–Crippen LogP) is 2.37. The van der Waals surface area contributed by atoms with Gasteiger partial charge in [-0.05, 0) is 23.0 Å². The molecule has 1 atom stereocenters. The van der Waals surface area contributed by atoms with E-state index in [0.29, 0.717) is 6.54 Å². The number of hydrogen-bond donors (Lipinski definition) is 1. The molecule has 0 fully saturated rings. The van der Waals surface area contributed by atoms with Gasteiger partial charge in [0.15, 0.2) is 0 Å². The molecule has 2 heterocycles. The molecule has 3 aromatic rings. The summed E-state index contributed by atoms with van der Waals surface area (Å²) in [6.45, 7) is 2.46. The number of nitro groups is 1. The van der Waals surface area contributed by atoms with E-state index in [1.807, 2.05) is 6.92 Å². The molecule has 0 bridgehead atoms. The smallest absolute Gasteiger partial charge is 0.411 e. The highest BCUT2D eigenvalue weighted by atomic mass is 19.1. The molecule has 0 saturated heterocycles. The molecule has 26 heavy (non-hydrogen) atoms. The molecule has 0 radical (unpaired) electrons. The van der Waals surface area contributed by atoms with E-state index in [-0.39, 0.29) is 23.7 Å². The minimum Gasteiger partial charge on any atom is -0.461 e. The number of halogens is 2. The summed E-state index contributed by atoms with van der Waals surface area (Å²) in [5.74, 6) is -1.95. The van der Waals surface area contributed by atoms with Gasteiger partial charge in [0.05, 0.1) is 6.20 Å². The molecular weight excluding hydrogens is 350 g/mol. The third kappa shape index (κ3) is 3.66. The zero-order chi connectivity index (χ0) is 18.8. The van der Waals surface area contributed by atoms with Crippen LogP contribution in [0.25, 0.3) is 11.3 Å². The Labute approximate surface area is 145 Å². The maximum Gasteiger partial charge on any atom is 0.411 e. The van der Waals surface area contributed by atoms with Crippen molar-refractivity contribution >= 4 is 5.82 Å². The monoisotopic (exact) mass is 364 g/mol. The van der Waals surface area contributed by atoms with Gasteiger partial charge in [0.2, 0.25) is 0 Å². The van der Waals surface area contributed by atoms with Crippen LogP contribution in [0.5, 0.6) is 6.01 Å². The zero-order valence-corrected chi connectivity index (χ0v) is 13.6. The summed E-state index contributed by atoms with van der Waals surface area (Å²) in [5.41, 5.74) is 0.393. The molecule has 9 nitrogen and oxygen atoms in total. The number of benzene rings is 1. The van der Waals surface area contributed by atoms with E-state index in [0.717, 1.165) is 18.3 Å². The summed E-state index contributed by atoms with van der Waals surface area (Å²) in [5, 5.41) is 28.1. The first-order valence-corrected chi connectivity index (χ1v) is 7.59. The lowest BCUT2D eigenvalue weighted by molar-refractivity contribution is -0.389. The van der Waals surface area contributed by atoms with E-state index in [2.05, 4.69) is 15.3 Å². The van der Waals surface area contributed by atoms with Gasteiger partial charge in [-0.2, -0.15) is 0 Å². The largest absolute Gasteiger partial charge is 0.461 e. The van der Waals surface area contributed by atoms with Crippen molar-refractivity contribution in [2.75, 3.05) is 0 Å². The van der Waals surface area contributed by atoms with Crippen LogP contribution in [0.1, 0.15) is 6.92 Å². The molecule has 11 heteroatoms. The Morgan fingerprint density at radius 1 is 1.31 bits per heavy atom. The van der Waals surface area contributed by atoms with Crippen molar-refractivity contribution in [1.29, 1.82) is 0 Å². The Kier molecular flexibility index (Phi) is 4.61. The van der Waals surface area contributed by atoms with Gasteiger partial charge in [0.25, 0.3) is 0 Å². The van der Waals surface area contributed by atoms with Crippen LogP contribution in [0.15, 0.2) is 30.6 Å². The fourth-order valence-corrected chi connectivity index (χ4v) is 2.54. The van der Waals surface area contributed by atoms with Gasteiger partial charge in [-0.25, -0.2) is 8.78 Å². The molecule has 0 aliphatic heterocycles. The second-order valence-corrected chi connectivity index (χ2v) is 5.86. The van der Waals surface area contributed by atoms with E-state index in [1.54, 1.807) is 0 Å². The normalized spacial score (nSPS) is 12.3. The molecule has 2 aromatic heterocycles. The van der Waals surface area contributed by atoms with Crippen molar-refractivity contribution in [2.45, 2.75) is 20.0 Å². The van der Waals surface area contributed by atoms with Crippen LogP contribution in [0.2, 0.25) is 0 Å². The molecule has 0 unspecified atom stereocenters. The van der Waals surface area contributed by atoms with Crippen LogP contribution in [0.3, 0.4) is 0 Å². The van der Waals surface area contributed by atoms with Crippen molar-refractivity contribution < 1.29 is 18.8 Å². The minimum atomic E-state index is -0.735. The van der Waals surface area contributed by atoms with Crippen LogP contribution in [0.4, 0.5) is 14.6 Å². The number of rotatable bonds is 6. The van der Waals surface area contributed by atoms with Crippen molar-refractivity contribution in [2.24, 2.45) is 5.92 Å². The summed E-state index contributed by atoms with van der Waals surface area (Å²) < 4.78 is 29.5. The first-order valence-electron chi connectivity index (χ1n) is 7.59. The number of aromatic hydroxyl groups is 1. The highest BCUT2D eigenvalue weighted by Crippen LogP contribution is 2.22. The van der Waals surface area contributed by atoms with Crippen molar-refractivity contribution in [1.82, 2.24) is 24.5 Å². The first kappa shape index (κ1) is 17.5. The van der Waals surface area contributed by atoms with Crippen LogP contribution >= 0.6 is 0 Å². The molecule has 0 amide bonds. The van der Waals surface area contributed by atoms with E-state index in [9.17, 15) is 24.0 Å². The van der Waals surface area contributed by atoms with Gasteiger partial charge in [0.1, 0.15) is 23.5 Å². The summed E-state index contributed by atoms with van der Waals surface area (Å²) in [6, 6.07) is 2.74. The second kappa shape index (κ2) is 6.86. The SMILES string of the molecule is C[C@H](Cn1cc(-c2ccc(F)cc2F)nn1)Cn1cc([N+](=O)[O-])nc1O. The zero-order valence-electron chi connectivity index (χ0n) is 13.6. The van der Waals surface area contributed by atoms with Crippen molar-refractivity contribution in [3.8, 4) is 17.3 Å². The molecule has 136 valence electrons. The minimum absolute atomic E-state index is 0.0951. The molecule has 0 spiro atoms. The van der Waals surface area contributed by atoms with Gasteiger partial charge >= 0.3 is 11.8 Å². The van der Waals surface area contributed by atoms with Crippen molar-refractivity contribution in [3.05, 3.63) is 52.3 Å². The Bertz CT molecular complexity index is 955. The maximum atomic E-state index is 13.8. The highest BCUT2D eigenvalue weighted by Gasteiger charge is 2.19. The van der Waals surface area contributed by atoms with E-state index in [4.69, 9.17) is 0 Å². The van der Waals surface area contributed by atoms with E-state index in [1.165, 1.54) is 21.5 Å². The molecule has 0 aliphatic rings. The topological polar surface area (TPSA) is 112 Å². The second-order valence-electron chi connectivity index (χ2n) is 5.86. The lowest BCUT2D eigenvalue weighted by Crippen LogP contribution is -2.14. The van der Waals surface area contributed by atoms with Gasteiger partial charge < -0.3 is 15.2 Å². The predicted molar refractivity (Wildman–Crippen MR) is 85.1 cm³/mol. The summed E-state index contributed by atoms with van der Waals surface area (Å²) >= 11 is 0. The number of hydrogen-bond acceptors (Lipinski definition) is 6. The fourth-order valence-electron chi connectivity index (χ4n) is 2.54. The number of nitrogens with zero attached hydrogens (tertiary/aromatic N) is 6. The summed E-state index contributed by atoms with van der Waals surface area (Å²) in [6.07, 6.45) is 2.66. The van der Waals surface area contributed by atoms with Crippen LogP contribution in [-0.4, -0.2) is 34.6 Å². The Balaban J connectivity index is 1.70. The lowest BCUT2D eigenvalue weighted by atomic mass is 10.1. The van der Waals surface area contributed by atoms with Gasteiger partial charge in [-0.1, -0.05) is 12.1 Å². The van der Waals surface area contributed by atoms with E-state index >= 15 is 0 Å². The third-order valence-electron chi connectivity index (χ3n) is 3.68. The third-order valence-corrected chi connectivity index (χ3v) is 3.68. The lowest BCUT2D eigenvalue weighted by Gasteiger charge is -2.10. The molecule has 3 rings (SSSR count). The average Bonchev–Trinajstić information content (AvgIpc) is 3.15. The molecule has 0 saturated carbocycles. The highest BCUT2D eigenvalue weighted by molar-refractivity contribution is 5.58.